The summed E-state index contributed by atoms with van der Waals surface area (Å²) in [6, 6.07) is 0. The van der Waals surface area contributed by atoms with Crippen molar-refractivity contribution in [1.29, 1.82) is 0 Å². The molecule has 0 aliphatic heterocycles. The van der Waals surface area contributed by atoms with E-state index in [1.54, 1.807) is 0 Å². The Balaban J connectivity index is 3.34. The van der Waals surface area contributed by atoms with Crippen molar-refractivity contribution in [2.24, 2.45) is 0 Å². The Morgan fingerprint density at radius 3 is 3.00 bits per heavy atom. The van der Waals surface area contributed by atoms with Crippen LogP contribution in [0.5, 0.6) is 0 Å². The van der Waals surface area contributed by atoms with Crippen molar-refractivity contribution in [3.8, 4) is 0 Å². The highest BCUT2D eigenvalue weighted by Crippen LogP contribution is 1.83. The van der Waals surface area contributed by atoms with Gasteiger partial charge in [-0.3, -0.25) is 0 Å². The molecule has 4 nitrogen and oxygen atoms in total. The van der Waals surface area contributed by atoms with Gasteiger partial charge in [-0.15, -0.1) is 6.58 Å². The van der Waals surface area contributed by atoms with Gasteiger partial charge in [-0.1, -0.05) is 6.08 Å². The Bertz CT molecular complexity index is 122. The van der Waals surface area contributed by atoms with Crippen LogP contribution in [-0.2, 0) is 4.74 Å². The summed E-state index contributed by atoms with van der Waals surface area (Å²) < 4.78 is 4.31. The lowest BCUT2D eigenvalue weighted by Crippen LogP contribution is -2.27. The lowest BCUT2D eigenvalue weighted by Gasteiger charge is -2.06. The summed E-state index contributed by atoms with van der Waals surface area (Å²) in [4.78, 5) is 10.5. The number of hydrogen-bond donors (Lipinski definition) is 2. The van der Waals surface area contributed by atoms with Gasteiger partial charge >= 0.3 is 6.09 Å². The summed E-state index contributed by atoms with van der Waals surface area (Å²) >= 11 is 0. The summed E-state index contributed by atoms with van der Waals surface area (Å²) in [5.41, 5.74) is 0. The van der Waals surface area contributed by atoms with Gasteiger partial charge in [-0.25, -0.2) is 4.79 Å². The second kappa shape index (κ2) is 4.81. The molecule has 0 radical (unpaired) electrons. The Kier molecular flexibility index (Phi) is 4.32. The van der Waals surface area contributed by atoms with Crippen LogP contribution in [0.25, 0.3) is 0 Å². The van der Waals surface area contributed by atoms with Crippen molar-refractivity contribution in [3.63, 3.8) is 0 Å². The van der Waals surface area contributed by atoms with Crippen molar-refractivity contribution < 1.29 is 14.6 Å². The van der Waals surface area contributed by atoms with E-state index in [0.29, 0.717) is 6.54 Å². The van der Waals surface area contributed by atoms with Crippen molar-refractivity contribution in [1.82, 2.24) is 5.32 Å². The van der Waals surface area contributed by atoms with Crippen molar-refractivity contribution in [2.75, 3.05) is 6.54 Å². The zero-order valence-corrected chi connectivity index (χ0v) is 5.83. The summed E-state index contributed by atoms with van der Waals surface area (Å²) in [6.07, 6.45) is -0.191. The third kappa shape index (κ3) is 5.11. The monoisotopic (exact) mass is 145 g/mol. The standard InChI is InChI=1S/C6H11NO3/c1-3-4-7-6(9)10-5(2)8/h3,5,8H,1,4H2,2H3,(H,7,9). The minimum absolute atomic E-state index is 0.339. The Morgan fingerprint density at radius 2 is 2.60 bits per heavy atom. The van der Waals surface area contributed by atoms with Crippen molar-refractivity contribution in [3.05, 3.63) is 12.7 Å². The summed E-state index contributed by atoms with van der Waals surface area (Å²) in [5.74, 6) is 0. The molecule has 0 bridgehead atoms. The Morgan fingerprint density at radius 1 is 2.00 bits per heavy atom. The lowest BCUT2D eigenvalue weighted by molar-refractivity contribution is -0.0368. The maximum atomic E-state index is 10.5. The van der Waals surface area contributed by atoms with Gasteiger partial charge in [-0.05, 0) is 6.92 Å². The molecule has 0 aliphatic carbocycles. The highest BCUT2D eigenvalue weighted by Gasteiger charge is 2.02. The first kappa shape index (κ1) is 8.97. The second-order valence-corrected chi connectivity index (χ2v) is 1.67. The van der Waals surface area contributed by atoms with Crippen LogP contribution in [0.15, 0.2) is 12.7 Å². The topological polar surface area (TPSA) is 58.6 Å². The largest absolute Gasteiger partial charge is 0.420 e. The molecule has 1 amide bonds. The lowest BCUT2D eigenvalue weighted by atomic mass is 10.6. The first-order valence-corrected chi connectivity index (χ1v) is 2.90. The van der Waals surface area contributed by atoms with Crippen LogP contribution in [0.1, 0.15) is 6.92 Å². The number of ether oxygens (including phenoxy) is 1. The average Bonchev–Trinajstić information content (AvgIpc) is 1.82. The molecule has 0 aliphatic rings. The number of aliphatic hydroxyl groups is 1. The molecule has 0 fully saturated rings. The van der Waals surface area contributed by atoms with Crippen molar-refractivity contribution in [2.45, 2.75) is 13.2 Å². The highest BCUT2D eigenvalue weighted by molar-refractivity contribution is 5.67. The van der Waals surface area contributed by atoms with Gasteiger partial charge in [0.1, 0.15) is 0 Å². The van der Waals surface area contributed by atoms with Crippen LogP contribution in [0.2, 0.25) is 0 Å². The average molecular weight is 145 g/mol. The van der Waals surface area contributed by atoms with Crippen molar-refractivity contribution >= 4 is 6.09 Å². The molecule has 1 unspecified atom stereocenters. The zero-order valence-electron chi connectivity index (χ0n) is 5.83. The predicted molar refractivity (Wildman–Crippen MR) is 36.4 cm³/mol. The molecule has 0 aromatic carbocycles. The molecule has 0 saturated heterocycles. The SMILES string of the molecule is C=CCNC(=O)OC(C)O. The van der Waals surface area contributed by atoms with Crippen LogP contribution in [0.3, 0.4) is 0 Å². The van der Waals surface area contributed by atoms with Crippen LogP contribution in [-0.4, -0.2) is 24.0 Å². The second-order valence-electron chi connectivity index (χ2n) is 1.67. The zero-order chi connectivity index (χ0) is 7.98. The molecule has 58 valence electrons. The molecule has 2 N–H and O–H groups in total. The Hall–Kier alpha value is -1.03. The quantitative estimate of drug-likeness (QED) is 0.441. The number of rotatable bonds is 3. The van der Waals surface area contributed by atoms with E-state index in [1.807, 2.05) is 0 Å². The minimum atomic E-state index is -1.06. The van der Waals surface area contributed by atoms with Gasteiger partial charge in [0.25, 0.3) is 0 Å². The van der Waals surface area contributed by atoms with Crippen LogP contribution >= 0.6 is 0 Å². The van der Waals surface area contributed by atoms with Crippen LogP contribution in [0.4, 0.5) is 4.79 Å². The summed E-state index contributed by atoms with van der Waals surface area (Å²) in [6.45, 7) is 5.07. The highest BCUT2D eigenvalue weighted by atomic mass is 16.6. The number of aliphatic hydroxyl groups excluding tert-OH is 1. The van der Waals surface area contributed by atoms with E-state index in [4.69, 9.17) is 5.11 Å². The van der Waals surface area contributed by atoms with Gasteiger partial charge in [-0.2, -0.15) is 0 Å². The molecule has 0 saturated carbocycles. The number of alkyl carbamates (subject to hydrolysis) is 1. The molecule has 0 aromatic heterocycles. The third-order valence-corrected chi connectivity index (χ3v) is 0.668. The van der Waals surface area contributed by atoms with Gasteiger partial charge in [0, 0.05) is 6.54 Å². The molecule has 0 heterocycles. The van der Waals surface area contributed by atoms with E-state index in [2.05, 4.69) is 16.6 Å². The molecular weight excluding hydrogens is 134 g/mol. The number of hydrogen-bond acceptors (Lipinski definition) is 3. The van der Waals surface area contributed by atoms with E-state index >= 15 is 0 Å². The summed E-state index contributed by atoms with van der Waals surface area (Å²) in [5, 5.41) is 10.8. The number of carbonyl (C=O) groups excluding carboxylic acids is 1. The number of amides is 1. The first-order valence-electron chi connectivity index (χ1n) is 2.90. The molecule has 1 atom stereocenters. The minimum Gasteiger partial charge on any atom is -0.420 e. The van der Waals surface area contributed by atoms with E-state index in [-0.39, 0.29) is 0 Å². The third-order valence-electron chi connectivity index (χ3n) is 0.668. The number of nitrogens with one attached hydrogen (secondary N) is 1. The van der Waals surface area contributed by atoms with Crippen LogP contribution < -0.4 is 5.32 Å². The van der Waals surface area contributed by atoms with Gasteiger partial charge in [0.05, 0.1) is 0 Å². The normalized spacial score (nSPS) is 11.8. The molecule has 4 heteroatoms. The fraction of sp³-hybridized carbons (Fsp3) is 0.500. The van der Waals surface area contributed by atoms with E-state index in [1.165, 1.54) is 13.0 Å². The fourth-order valence-electron chi connectivity index (χ4n) is 0.352. The van der Waals surface area contributed by atoms with Crippen LogP contribution in [0, 0.1) is 0 Å². The maximum Gasteiger partial charge on any atom is 0.409 e. The molecule has 0 aromatic rings. The summed E-state index contributed by atoms with van der Waals surface area (Å²) in [7, 11) is 0. The number of carbonyl (C=O) groups is 1. The van der Waals surface area contributed by atoms with Gasteiger partial charge < -0.3 is 15.2 Å². The predicted octanol–water partition coefficient (Wildman–Crippen LogP) is 0.237. The van der Waals surface area contributed by atoms with E-state index in [9.17, 15) is 4.79 Å². The molecular formula is C6H11NO3. The van der Waals surface area contributed by atoms with Gasteiger partial charge in [0.2, 0.25) is 0 Å². The van der Waals surface area contributed by atoms with E-state index < -0.39 is 12.4 Å². The Labute approximate surface area is 59.5 Å². The maximum absolute atomic E-state index is 10.5. The fourth-order valence-corrected chi connectivity index (χ4v) is 0.352. The molecule has 0 rings (SSSR count). The molecule has 0 spiro atoms. The first-order chi connectivity index (χ1) is 4.66. The molecule has 10 heavy (non-hydrogen) atoms. The van der Waals surface area contributed by atoms with E-state index in [0.717, 1.165) is 0 Å². The van der Waals surface area contributed by atoms with Gasteiger partial charge in [0.15, 0.2) is 6.29 Å². The smallest absolute Gasteiger partial charge is 0.409 e.